The first-order chi connectivity index (χ1) is 6.65. The van der Waals surface area contributed by atoms with Gasteiger partial charge in [-0.25, -0.2) is 4.98 Å². The van der Waals surface area contributed by atoms with Crippen LogP contribution in [-0.2, 0) is 27.4 Å². The van der Waals surface area contributed by atoms with Gasteiger partial charge in [-0.3, -0.25) is 9.00 Å². The van der Waals surface area contributed by atoms with E-state index in [1.54, 1.807) is 30.9 Å². The third kappa shape index (κ3) is 2.66. The number of carbonyl (C=O) groups is 1. The van der Waals surface area contributed by atoms with Crippen LogP contribution >= 0.6 is 0 Å². The lowest BCUT2D eigenvalue weighted by Crippen LogP contribution is -2.16. The lowest BCUT2D eigenvalue weighted by Gasteiger charge is -2.01. The molecule has 0 spiro atoms. The normalized spacial score (nSPS) is 12.4. The Morgan fingerprint density at radius 3 is 2.93 bits per heavy atom. The second kappa shape index (κ2) is 4.90. The second-order valence-corrected chi connectivity index (χ2v) is 3.96. The van der Waals surface area contributed by atoms with Crippen LogP contribution in [-0.4, -0.2) is 32.1 Å². The Bertz CT molecular complexity index is 348. The van der Waals surface area contributed by atoms with Crippen molar-refractivity contribution in [1.29, 1.82) is 0 Å². The maximum Gasteiger partial charge on any atom is 0.319 e. The molecule has 0 amide bonds. The summed E-state index contributed by atoms with van der Waals surface area (Å²) < 4.78 is 17.8. The zero-order valence-electron chi connectivity index (χ0n) is 8.10. The monoisotopic (exact) mass is 216 g/mol. The molecule has 0 N–H and O–H groups in total. The van der Waals surface area contributed by atoms with Crippen molar-refractivity contribution < 1.29 is 13.7 Å². The minimum absolute atomic E-state index is 0.140. The number of imidazole rings is 1. The van der Waals surface area contributed by atoms with Crippen LogP contribution < -0.4 is 0 Å². The highest BCUT2D eigenvalue weighted by Crippen LogP contribution is 2.02. The van der Waals surface area contributed by atoms with Gasteiger partial charge in [-0.15, -0.1) is 0 Å². The van der Waals surface area contributed by atoms with Crippen LogP contribution in [0.2, 0.25) is 0 Å². The predicted molar refractivity (Wildman–Crippen MR) is 51.1 cm³/mol. The molecular formula is C8H12N2O3S. The molecule has 0 unspecified atom stereocenters. The fraction of sp³-hybridized carbons (Fsp3) is 0.500. The molecule has 0 aliphatic heterocycles. The Hall–Kier alpha value is -1.17. The maximum atomic E-state index is 11.5. The zero-order valence-corrected chi connectivity index (χ0v) is 8.91. The summed E-state index contributed by atoms with van der Waals surface area (Å²) in [5.41, 5.74) is 0. The molecule has 0 aromatic carbocycles. The van der Waals surface area contributed by atoms with Gasteiger partial charge in [0.2, 0.25) is 0 Å². The van der Waals surface area contributed by atoms with E-state index in [2.05, 4.69) is 9.72 Å². The Kier molecular flexibility index (Phi) is 3.82. The van der Waals surface area contributed by atoms with Crippen molar-refractivity contribution in [3.8, 4) is 0 Å². The number of hydrogen-bond acceptors (Lipinski definition) is 4. The van der Waals surface area contributed by atoms with E-state index >= 15 is 0 Å². The fourth-order valence-corrected chi connectivity index (χ4v) is 1.93. The minimum Gasteiger partial charge on any atom is -0.465 e. The van der Waals surface area contributed by atoms with Gasteiger partial charge in [-0.1, -0.05) is 0 Å². The highest BCUT2D eigenvalue weighted by molar-refractivity contribution is 7.85. The van der Waals surface area contributed by atoms with Gasteiger partial charge < -0.3 is 9.30 Å². The summed E-state index contributed by atoms with van der Waals surface area (Å²) in [6, 6.07) is 0. The van der Waals surface area contributed by atoms with Gasteiger partial charge in [-0.05, 0) is 6.92 Å². The van der Waals surface area contributed by atoms with Crippen molar-refractivity contribution in [1.82, 2.24) is 9.55 Å². The van der Waals surface area contributed by atoms with E-state index in [9.17, 15) is 9.00 Å². The molecule has 5 nitrogen and oxygen atoms in total. The van der Waals surface area contributed by atoms with Crippen LogP contribution in [0.3, 0.4) is 0 Å². The third-order valence-electron chi connectivity index (χ3n) is 1.53. The lowest BCUT2D eigenvalue weighted by atomic mass is 10.8. The Balaban J connectivity index is 2.59. The molecule has 0 bridgehead atoms. The summed E-state index contributed by atoms with van der Waals surface area (Å²) >= 11 is 0. The maximum absolute atomic E-state index is 11.5. The van der Waals surface area contributed by atoms with Gasteiger partial charge in [0.25, 0.3) is 0 Å². The van der Waals surface area contributed by atoms with Crippen LogP contribution in [0, 0.1) is 0 Å². The number of nitrogens with zero attached hydrogens (tertiary/aromatic N) is 2. The predicted octanol–water partition coefficient (Wildman–Crippen LogP) is 0.0908. The molecule has 0 saturated carbocycles. The summed E-state index contributed by atoms with van der Waals surface area (Å²) in [4.78, 5) is 14.9. The van der Waals surface area contributed by atoms with Gasteiger partial charge in [0.15, 0.2) is 5.16 Å². The quantitative estimate of drug-likeness (QED) is 0.669. The van der Waals surface area contributed by atoms with Gasteiger partial charge >= 0.3 is 5.97 Å². The molecule has 0 aliphatic carbocycles. The smallest absolute Gasteiger partial charge is 0.319 e. The van der Waals surface area contributed by atoms with Crippen LogP contribution in [0.1, 0.15) is 6.92 Å². The molecule has 1 atom stereocenters. The standard InChI is InChI=1S/C8H12N2O3S/c1-3-13-7(11)6-14(12)8-9-4-5-10(8)2/h4-5H,3,6H2,1-2H3/t14-/m1/s1. The Morgan fingerprint density at radius 1 is 1.71 bits per heavy atom. The molecule has 1 aromatic heterocycles. The molecule has 0 aliphatic rings. The van der Waals surface area contributed by atoms with Crippen molar-refractivity contribution in [2.45, 2.75) is 12.1 Å². The zero-order chi connectivity index (χ0) is 10.6. The summed E-state index contributed by atoms with van der Waals surface area (Å²) in [7, 11) is 0.309. The summed E-state index contributed by atoms with van der Waals surface area (Å²) in [6.45, 7) is 2.01. The van der Waals surface area contributed by atoms with Crippen molar-refractivity contribution in [2.75, 3.05) is 12.4 Å². The molecule has 0 saturated heterocycles. The van der Waals surface area contributed by atoms with Gasteiger partial charge in [0.1, 0.15) is 16.6 Å². The first kappa shape index (κ1) is 10.9. The molecular weight excluding hydrogens is 204 g/mol. The molecule has 1 heterocycles. The number of rotatable bonds is 4. The molecule has 1 rings (SSSR count). The van der Waals surface area contributed by atoms with Crippen molar-refractivity contribution in [3.05, 3.63) is 12.4 Å². The molecule has 0 radical (unpaired) electrons. The van der Waals surface area contributed by atoms with E-state index in [0.29, 0.717) is 11.8 Å². The Morgan fingerprint density at radius 2 is 2.43 bits per heavy atom. The molecule has 1 aromatic rings. The summed E-state index contributed by atoms with van der Waals surface area (Å²) in [5.74, 6) is -0.604. The van der Waals surface area contributed by atoms with Crippen LogP contribution in [0.5, 0.6) is 0 Å². The van der Waals surface area contributed by atoms with Crippen LogP contribution in [0.15, 0.2) is 17.6 Å². The number of carbonyl (C=O) groups excluding carboxylic acids is 1. The number of aromatic nitrogens is 2. The van der Waals surface area contributed by atoms with E-state index in [1.165, 1.54) is 0 Å². The fourth-order valence-electron chi connectivity index (χ4n) is 0.946. The molecule has 0 fully saturated rings. The number of aryl methyl sites for hydroxylation is 1. The molecule has 14 heavy (non-hydrogen) atoms. The number of ether oxygens (including phenoxy) is 1. The van der Waals surface area contributed by atoms with Crippen molar-refractivity contribution >= 4 is 16.8 Å². The van der Waals surface area contributed by atoms with E-state index in [0.717, 1.165) is 0 Å². The highest BCUT2D eigenvalue weighted by atomic mass is 32.2. The van der Waals surface area contributed by atoms with Crippen LogP contribution in [0.4, 0.5) is 0 Å². The molecule has 78 valence electrons. The summed E-state index contributed by atoms with van der Waals surface area (Å²) in [5, 5.41) is 0.387. The van der Waals surface area contributed by atoms with E-state index in [-0.39, 0.29) is 5.75 Å². The first-order valence-electron chi connectivity index (χ1n) is 4.16. The average molecular weight is 216 g/mol. The first-order valence-corrected chi connectivity index (χ1v) is 5.48. The van der Waals surface area contributed by atoms with E-state index < -0.39 is 16.8 Å². The topological polar surface area (TPSA) is 61.2 Å². The largest absolute Gasteiger partial charge is 0.465 e. The number of hydrogen-bond donors (Lipinski definition) is 0. The Labute approximate surface area is 84.5 Å². The minimum atomic E-state index is -1.42. The van der Waals surface area contributed by atoms with Crippen molar-refractivity contribution in [2.24, 2.45) is 7.05 Å². The molecule has 6 heteroatoms. The van der Waals surface area contributed by atoms with Gasteiger partial charge in [-0.2, -0.15) is 0 Å². The van der Waals surface area contributed by atoms with Crippen LogP contribution in [0.25, 0.3) is 0 Å². The lowest BCUT2D eigenvalue weighted by molar-refractivity contribution is -0.139. The second-order valence-electron chi connectivity index (χ2n) is 2.62. The van der Waals surface area contributed by atoms with Crippen molar-refractivity contribution in [3.63, 3.8) is 0 Å². The average Bonchev–Trinajstić information content (AvgIpc) is 2.51. The number of esters is 1. The van der Waals surface area contributed by atoms with Gasteiger partial charge in [0.05, 0.1) is 6.61 Å². The third-order valence-corrected chi connectivity index (χ3v) is 2.83. The SMILES string of the molecule is CCOC(=O)C[S@@](=O)c1nccn1C. The van der Waals surface area contributed by atoms with E-state index in [4.69, 9.17) is 0 Å². The highest BCUT2D eigenvalue weighted by Gasteiger charge is 2.14. The van der Waals surface area contributed by atoms with Gasteiger partial charge in [0, 0.05) is 19.4 Å². The van der Waals surface area contributed by atoms with E-state index in [1.807, 2.05) is 0 Å². The summed E-state index contributed by atoms with van der Waals surface area (Å²) in [6.07, 6.45) is 3.22.